The molecule has 0 heterocycles. The van der Waals surface area contributed by atoms with E-state index in [2.05, 4.69) is 70.7 Å². The zero-order chi connectivity index (χ0) is 16.9. The third-order valence-corrected chi connectivity index (χ3v) is 5.47. The van der Waals surface area contributed by atoms with Crippen LogP contribution in [0.4, 0.5) is 0 Å². The smallest absolute Gasteiger partial charge is 0.0115 e. The van der Waals surface area contributed by atoms with Crippen LogP contribution >= 0.6 is 0 Å². The van der Waals surface area contributed by atoms with Crippen LogP contribution in [0.15, 0.2) is 59.8 Å². The summed E-state index contributed by atoms with van der Waals surface area (Å²) in [5, 5.41) is 0. The summed E-state index contributed by atoms with van der Waals surface area (Å²) in [7, 11) is 0. The normalized spacial score (nSPS) is 24.7. The largest absolute Gasteiger partial charge is 0.103 e. The molecular formula is C23H34. The molecule has 2 rings (SSSR count). The highest BCUT2D eigenvalue weighted by Crippen LogP contribution is 2.49. The van der Waals surface area contributed by atoms with Crippen LogP contribution in [0.1, 0.15) is 66.2 Å². The third kappa shape index (κ3) is 4.16. The lowest BCUT2D eigenvalue weighted by atomic mass is 9.79. The average Bonchev–Trinajstić information content (AvgIpc) is 2.68. The van der Waals surface area contributed by atoms with Crippen molar-refractivity contribution in [3.05, 3.63) is 59.8 Å². The molecule has 0 heteroatoms. The molecule has 126 valence electrons. The average molecular weight is 311 g/mol. The van der Waals surface area contributed by atoms with Crippen molar-refractivity contribution in [1.82, 2.24) is 0 Å². The summed E-state index contributed by atoms with van der Waals surface area (Å²) in [6, 6.07) is 0. The van der Waals surface area contributed by atoms with Gasteiger partial charge >= 0.3 is 0 Å². The first-order valence-electron chi connectivity index (χ1n) is 9.42. The quantitative estimate of drug-likeness (QED) is 0.417. The van der Waals surface area contributed by atoms with E-state index in [4.69, 9.17) is 0 Å². The van der Waals surface area contributed by atoms with Crippen molar-refractivity contribution < 1.29 is 0 Å². The molecule has 0 radical (unpaired) electrons. The highest BCUT2D eigenvalue weighted by Gasteiger charge is 2.35. The molecule has 0 nitrogen and oxygen atoms in total. The highest BCUT2D eigenvalue weighted by atomic mass is 14.4. The van der Waals surface area contributed by atoms with Gasteiger partial charge in [0.05, 0.1) is 0 Å². The molecule has 0 bridgehead atoms. The van der Waals surface area contributed by atoms with Gasteiger partial charge in [-0.2, -0.15) is 0 Å². The predicted octanol–water partition coefficient (Wildman–Crippen LogP) is 7.17. The lowest BCUT2D eigenvalue weighted by Crippen LogP contribution is -2.13. The van der Waals surface area contributed by atoms with Gasteiger partial charge in [-0.3, -0.25) is 0 Å². The summed E-state index contributed by atoms with van der Waals surface area (Å²) in [6.45, 7) is 13.4. The van der Waals surface area contributed by atoms with E-state index in [0.717, 1.165) is 18.8 Å². The Morgan fingerprint density at radius 1 is 1.26 bits per heavy atom. The Morgan fingerprint density at radius 3 is 2.70 bits per heavy atom. The molecule has 2 aliphatic rings. The van der Waals surface area contributed by atoms with Crippen LogP contribution in [-0.4, -0.2) is 0 Å². The fourth-order valence-electron chi connectivity index (χ4n) is 4.12. The summed E-state index contributed by atoms with van der Waals surface area (Å²) in [5.41, 5.74) is 4.89. The standard InChI is InChI=1S/C23H34/c1-6-16-23(5)17-21(19(7-2)13-11-12-18(3)4)20-14-9-8-10-15-22(20)23/h6,8-10,14,17-19H,1,7,11-13,15-16H2,2-5H3. The molecule has 2 unspecified atom stereocenters. The van der Waals surface area contributed by atoms with E-state index >= 15 is 0 Å². The second-order valence-electron chi connectivity index (χ2n) is 7.82. The Labute approximate surface area is 143 Å². The van der Waals surface area contributed by atoms with Crippen LogP contribution in [0.3, 0.4) is 0 Å². The molecule has 0 fully saturated rings. The minimum absolute atomic E-state index is 0.164. The first kappa shape index (κ1) is 18.0. The molecule has 0 saturated carbocycles. The zero-order valence-corrected chi connectivity index (χ0v) is 15.6. The SMILES string of the molecule is C=CCC1(C)C=C(C(CC)CCCC(C)C)C2=C1CC=CC=C2. The number of allylic oxidation sites excluding steroid dienone is 9. The number of hydrogen-bond acceptors (Lipinski definition) is 0. The summed E-state index contributed by atoms with van der Waals surface area (Å²) >= 11 is 0. The minimum atomic E-state index is 0.164. The van der Waals surface area contributed by atoms with Gasteiger partial charge in [-0.25, -0.2) is 0 Å². The fourth-order valence-corrected chi connectivity index (χ4v) is 4.12. The van der Waals surface area contributed by atoms with E-state index in [9.17, 15) is 0 Å². The molecule has 23 heavy (non-hydrogen) atoms. The maximum absolute atomic E-state index is 4.00. The summed E-state index contributed by atoms with van der Waals surface area (Å²) in [5.74, 6) is 1.51. The minimum Gasteiger partial charge on any atom is -0.103 e. The molecule has 0 aromatic heterocycles. The van der Waals surface area contributed by atoms with E-state index in [-0.39, 0.29) is 5.41 Å². The molecule has 2 atom stereocenters. The van der Waals surface area contributed by atoms with Crippen molar-refractivity contribution in [1.29, 1.82) is 0 Å². The lowest BCUT2D eigenvalue weighted by Gasteiger charge is -2.24. The maximum Gasteiger partial charge on any atom is 0.0115 e. The molecule has 0 aromatic carbocycles. The van der Waals surface area contributed by atoms with Crippen LogP contribution in [0.25, 0.3) is 0 Å². The van der Waals surface area contributed by atoms with Gasteiger partial charge < -0.3 is 0 Å². The van der Waals surface area contributed by atoms with Crippen LogP contribution < -0.4 is 0 Å². The number of hydrogen-bond donors (Lipinski definition) is 0. The van der Waals surface area contributed by atoms with Crippen LogP contribution in [0.2, 0.25) is 0 Å². The van der Waals surface area contributed by atoms with Crippen molar-refractivity contribution in [2.45, 2.75) is 66.2 Å². The second-order valence-corrected chi connectivity index (χ2v) is 7.82. The van der Waals surface area contributed by atoms with Gasteiger partial charge in [0, 0.05) is 5.41 Å². The van der Waals surface area contributed by atoms with Gasteiger partial charge in [0.25, 0.3) is 0 Å². The fraction of sp³-hybridized carbons (Fsp3) is 0.565. The number of rotatable bonds is 8. The van der Waals surface area contributed by atoms with E-state index in [1.165, 1.54) is 31.3 Å². The Bertz CT molecular complexity index is 538. The van der Waals surface area contributed by atoms with Crippen molar-refractivity contribution in [3.8, 4) is 0 Å². The molecule has 0 aliphatic heterocycles. The molecule has 0 aromatic rings. The summed E-state index contributed by atoms with van der Waals surface area (Å²) < 4.78 is 0. The van der Waals surface area contributed by atoms with Gasteiger partial charge in [-0.05, 0) is 54.2 Å². The van der Waals surface area contributed by atoms with Crippen LogP contribution in [0, 0.1) is 17.3 Å². The van der Waals surface area contributed by atoms with Gasteiger partial charge in [0.15, 0.2) is 0 Å². The lowest BCUT2D eigenvalue weighted by molar-refractivity contribution is 0.464. The molecule has 0 amide bonds. The molecular weight excluding hydrogens is 276 g/mol. The van der Waals surface area contributed by atoms with Crippen molar-refractivity contribution in [3.63, 3.8) is 0 Å². The van der Waals surface area contributed by atoms with Crippen LogP contribution in [0.5, 0.6) is 0 Å². The van der Waals surface area contributed by atoms with E-state index in [1.807, 2.05) is 0 Å². The first-order chi connectivity index (χ1) is 11.0. The van der Waals surface area contributed by atoms with Gasteiger partial charge in [-0.15, -0.1) is 6.58 Å². The summed E-state index contributed by atoms with van der Waals surface area (Å²) in [6.07, 6.45) is 21.1. The highest BCUT2D eigenvalue weighted by molar-refractivity contribution is 5.56. The Morgan fingerprint density at radius 2 is 2.04 bits per heavy atom. The topological polar surface area (TPSA) is 0 Å². The Balaban J connectivity index is 2.27. The van der Waals surface area contributed by atoms with E-state index in [0.29, 0.717) is 5.92 Å². The van der Waals surface area contributed by atoms with Crippen molar-refractivity contribution >= 4 is 0 Å². The third-order valence-electron chi connectivity index (χ3n) is 5.47. The van der Waals surface area contributed by atoms with Gasteiger partial charge in [0.2, 0.25) is 0 Å². The van der Waals surface area contributed by atoms with E-state index in [1.54, 1.807) is 11.1 Å². The zero-order valence-electron chi connectivity index (χ0n) is 15.6. The van der Waals surface area contributed by atoms with E-state index < -0.39 is 0 Å². The molecule has 0 saturated heterocycles. The monoisotopic (exact) mass is 310 g/mol. The van der Waals surface area contributed by atoms with Gasteiger partial charge in [0.1, 0.15) is 0 Å². The van der Waals surface area contributed by atoms with Gasteiger partial charge in [-0.1, -0.05) is 77.0 Å². The Hall–Kier alpha value is -1.30. The van der Waals surface area contributed by atoms with Crippen LogP contribution in [-0.2, 0) is 0 Å². The first-order valence-corrected chi connectivity index (χ1v) is 9.42. The predicted molar refractivity (Wildman–Crippen MR) is 103 cm³/mol. The molecule has 0 N–H and O–H groups in total. The molecule has 0 spiro atoms. The Kier molecular flexibility index (Phi) is 6.27. The van der Waals surface area contributed by atoms with Crippen molar-refractivity contribution in [2.75, 3.05) is 0 Å². The summed E-state index contributed by atoms with van der Waals surface area (Å²) in [4.78, 5) is 0. The molecule has 2 aliphatic carbocycles. The van der Waals surface area contributed by atoms with Crippen molar-refractivity contribution in [2.24, 2.45) is 17.3 Å². The second kappa shape index (κ2) is 7.99. The maximum atomic E-state index is 4.00.